The van der Waals surface area contributed by atoms with Crippen molar-refractivity contribution in [2.45, 2.75) is 56.1 Å². The average Bonchev–Trinajstić information content (AvgIpc) is 3.41. The summed E-state index contributed by atoms with van der Waals surface area (Å²) < 4.78 is 36.3. The number of ether oxygens (including phenoxy) is 1. The van der Waals surface area contributed by atoms with Crippen molar-refractivity contribution in [3.63, 3.8) is 0 Å². The van der Waals surface area contributed by atoms with Crippen molar-refractivity contribution in [2.75, 3.05) is 22.9 Å². The molecule has 1 aromatic heterocycles. The predicted octanol–water partition coefficient (Wildman–Crippen LogP) is 8.18. The molecular weight excluding hydrogens is 641 g/mol. The second kappa shape index (κ2) is 15.2. The van der Waals surface area contributed by atoms with Crippen LogP contribution in [0.1, 0.15) is 46.1 Å². The van der Waals surface area contributed by atoms with Crippen molar-refractivity contribution >= 4 is 62.3 Å². The number of sulfonamides is 1. The Morgan fingerprint density at radius 2 is 1.75 bits per heavy atom. The molecule has 0 fully saturated rings. The molecule has 0 saturated heterocycles. The van der Waals surface area contributed by atoms with Gasteiger partial charge in [0.05, 0.1) is 33.5 Å². The quantitative estimate of drug-likeness (QED) is 0.130. The number of carbonyl (C=O) groups excluding carboxylic acids is 1. The molecule has 0 bridgehead atoms. The molecule has 0 radical (unpaired) electrons. The highest BCUT2D eigenvalue weighted by atomic mass is 35.5. The second-order valence-corrected chi connectivity index (χ2v) is 14.1. The molecule has 0 aliphatic rings. The molecule has 4 rings (SSSR count). The Morgan fingerprint density at radius 1 is 0.977 bits per heavy atom. The number of benzene rings is 3. The van der Waals surface area contributed by atoms with Crippen molar-refractivity contribution in [3.05, 3.63) is 76.8 Å². The summed E-state index contributed by atoms with van der Waals surface area (Å²) in [5.41, 5.74) is 1.42. The minimum absolute atomic E-state index is 0.00813. The first-order valence-electron chi connectivity index (χ1n) is 14.1. The van der Waals surface area contributed by atoms with Gasteiger partial charge in [0.1, 0.15) is 5.75 Å². The lowest BCUT2D eigenvalue weighted by Gasteiger charge is -2.19. The van der Waals surface area contributed by atoms with Crippen molar-refractivity contribution in [1.82, 2.24) is 14.8 Å². The molecule has 0 spiro atoms. The van der Waals surface area contributed by atoms with E-state index >= 15 is 0 Å². The number of hydrogen-bond donors (Lipinski definition) is 2. The van der Waals surface area contributed by atoms with Gasteiger partial charge in [0.2, 0.25) is 5.91 Å². The molecule has 0 saturated carbocycles. The summed E-state index contributed by atoms with van der Waals surface area (Å²) >= 11 is 13.6. The van der Waals surface area contributed by atoms with Gasteiger partial charge in [-0.1, -0.05) is 85.9 Å². The molecule has 0 aliphatic heterocycles. The van der Waals surface area contributed by atoms with Gasteiger partial charge in [-0.05, 0) is 61.7 Å². The molecule has 0 unspecified atom stereocenters. The standard InChI is InChI=1S/C31H35Cl2N5O4S2/c1-20(2)9-7-10-21(3)38-30(22-11-8-12-24(17-22)44(40,41)37-27-14-6-5-13-25(27)32)35-36-31(38)43-19-29(39)34-23-15-16-28(42-4)26(33)18-23/h5-6,8,11-18,20-21,37H,7,9-10,19H2,1-4H3,(H,34,39)/t21-/m1/s1. The van der Waals surface area contributed by atoms with E-state index in [1.54, 1.807) is 60.7 Å². The Morgan fingerprint density at radius 3 is 2.45 bits per heavy atom. The van der Waals surface area contributed by atoms with E-state index in [1.165, 1.54) is 24.9 Å². The van der Waals surface area contributed by atoms with Crippen molar-refractivity contribution in [2.24, 2.45) is 5.92 Å². The Balaban J connectivity index is 1.59. The van der Waals surface area contributed by atoms with Gasteiger partial charge in [0, 0.05) is 17.3 Å². The van der Waals surface area contributed by atoms with Crippen LogP contribution in [0.2, 0.25) is 10.0 Å². The zero-order valence-electron chi connectivity index (χ0n) is 24.9. The fraction of sp³-hybridized carbons (Fsp3) is 0.323. The summed E-state index contributed by atoms with van der Waals surface area (Å²) in [5, 5.41) is 13.0. The smallest absolute Gasteiger partial charge is 0.261 e. The molecule has 9 nitrogen and oxygen atoms in total. The molecule has 2 N–H and O–H groups in total. The number of aromatic nitrogens is 3. The topological polar surface area (TPSA) is 115 Å². The highest BCUT2D eigenvalue weighted by molar-refractivity contribution is 7.99. The van der Waals surface area contributed by atoms with Crippen LogP contribution in [0.5, 0.6) is 5.75 Å². The average molecular weight is 677 g/mol. The third kappa shape index (κ3) is 8.68. The molecule has 234 valence electrons. The number of nitrogens with one attached hydrogen (secondary N) is 2. The fourth-order valence-electron chi connectivity index (χ4n) is 4.54. The van der Waals surface area contributed by atoms with Crippen LogP contribution < -0.4 is 14.8 Å². The first-order valence-corrected chi connectivity index (χ1v) is 17.3. The lowest BCUT2D eigenvalue weighted by molar-refractivity contribution is -0.113. The van der Waals surface area contributed by atoms with Gasteiger partial charge in [-0.15, -0.1) is 10.2 Å². The Kier molecular flexibility index (Phi) is 11.6. The molecule has 1 amide bonds. The number of thioether (sulfide) groups is 1. The van der Waals surface area contributed by atoms with E-state index in [2.05, 4.69) is 41.0 Å². The van der Waals surface area contributed by atoms with Crippen molar-refractivity contribution in [1.29, 1.82) is 0 Å². The maximum atomic E-state index is 13.3. The van der Waals surface area contributed by atoms with Gasteiger partial charge in [0.15, 0.2) is 11.0 Å². The predicted molar refractivity (Wildman–Crippen MR) is 178 cm³/mol. The number of hydrogen-bond acceptors (Lipinski definition) is 7. The zero-order chi connectivity index (χ0) is 31.9. The molecule has 1 heterocycles. The van der Waals surface area contributed by atoms with E-state index in [9.17, 15) is 13.2 Å². The molecule has 13 heteroatoms. The van der Waals surface area contributed by atoms with Crippen molar-refractivity contribution < 1.29 is 17.9 Å². The van der Waals surface area contributed by atoms with Gasteiger partial charge < -0.3 is 10.1 Å². The monoisotopic (exact) mass is 675 g/mol. The van der Waals surface area contributed by atoms with Crippen LogP contribution in [0.4, 0.5) is 11.4 Å². The number of anilines is 2. The minimum atomic E-state index is -3.94. The van der Waals surface area contributed by atoms with Crippen LogP contribution in [-0.4, -0.2) is 42.0 Å². The Hall–Kier alpha value is -3.25. The first-order chi connectivity index (χ1) is 21.0. The number of para-hydroxylation sites is 1. The summed E-state index contributed by atoms with van der Waals surface area (Å²) in [6.45, 7) is 6.46. The van der Waals surface area contributed by atoms with Gasteiger partial charge in [-0.3, -0.25) is 14.1 Å². The third-order valence-electron chi connectivity index (χ3n) is 6.80. The third-order valence-corrected chi connectivity index (χ3v) is 9.73. The summed E-state index contributed by atoms with van der Waals surface area (Å²) in [6, 6.07) is 18.2. The van der Waals surface area contributed by atoms with Gasteiger partial charge in [-0.2, -0.15) is 0 Å². The highest BCUT2D eigenvalue weighted by Gasteiger charge is 2.23. The number of carbonyl (C=O) groups is 1. The van der Waals surface area contributed by atoms with Crippen LogP contribution in [-0.2, 0) is 14.8 Å². The lowest BCUT2D eigenvalue weighted by atomic mass is 10.0. The Labute approximate surface area is 272 Å². The normalized spacial score (nSPS) is 12.2. The van der Waals surface area contributed by atoms with E-state index < -0.39 is 10.0 Å². The molecule has 44 heavy (non-hydrogen) atoms. The maximum Gasteiger partial charge on any atom is 0.261 e. The Bertz CT molecular complexity index is 1710. The summed E-state index contributed by atoms with van der Waals surface area (Å²) in [4.78, 5) is 12.9. The molecule has 0 aliphatic carbocycles. The fourth-order valence-corrected chi connectivity index (χ4v) is 7.00. The first kappa shape index (κ1) is 33.6. The van der Waals surface area contributed by atoms with E-state index in [0.29, 0.717) is 43.9 Å². The van der Waals surface area contributed by atoms with Crippen LogP contribution in [0.3, 0.4) is 0 Å². The van der Waals surface area contributed by atoms with E-state index in [1.807, 2.05) is 4.57 Å². The molecule has 3 aromatic carbocycles. The molecule has 4 aromatic rings. The summed E-state index contributed by atoms with van der Waals surface area (Å²) in [6.07, 6.45) is 2.92. The lowest BCUT2D eigenvalue weighted by Crippen LogP contribution is -2.15. The van der Waals surface area contributed by atoms with Crippen LogP contribution >= 0.6 is 35.0 Å². The summed E-state index contributed by atoms with van der Waals surface area (Å²) in [5.74, 6) is 1.44. The number of halogens is 2. The van der Waals surface area contributed by atoms with E-state index in [0.717, 1.165) is 19.3 Å². The zero-order valence-corrected chi connectivity index (χ0v) is 28.0. The van der Waals surface area contributed by atoms with Gasteiger partial charge in [0.25, 0.3) is 10.0 Å². The van der Waals surface area contributed by atoms with Gasteiger partial charge >= 0.3 is 0 Å². The largest absolute Gasteiger partial charge is 0.495 e. The number of methoxy groups -OCH3 is 1. The second-order valence-electron chi connectivity index (χ2n) is 10.6. The number of rotatable bonds is 14. The summed E-state index contributed by atoms with van der Waals surface area (Å²) in [7, 11) is -2.42. The molecular formula is C31H35Cl2N5O4S2. The van der Waals surface area contributed by atoms with Crippen LogP contribution in [0.25, 0.3) is 11.4 Å². The van der Waals surface area contributed by atoms with E-state index in [-0.39, 0.29) is 28.3 Å². The van der Waals surface area contributed by atoms with Crippen LogP contribution in [0.15, 0.2) is 76.8 Å². The van der Waals surface area contributed by atoms with E-state index in [4.69, 9.17) is 27.9 Å². The maximum absolute atomic E-state index is 13.3. The highest BCUT2D eigenvalue weighted by Crippen LogP contribution is 2.33. The molecule has 1 atom stereocenters. The van der Waals surface area contributed by atoms with Crippen molar-refractivity contribution in [3.8, 4) is 17.1 Å². The SMILES string of the molecule is COc1ccc(NC(=O)CSc2nnc(-c3cccc(S(=O)(=O)Nc4ccccc4Cl)c3)n2[C@H](C)CCCC(C)C)cc1Cl. The van der Waals surface area contributed by atoms with Gasteiger partial charge in [-0.25, -0.2) is 8.42 Å². The minimum Gasteiger partial charge on any atom is -0.495 e. The van der Waals surface area contributed by atoms with Crippen LogP contribution in [0, 0.1) is 5.92 Å². The number of amides is 1. The number of nitrogens with zero attached hydrogens (tertiary/aromatic N) is 3.